The third-order valence-electron chi connectivity index (χ3n) is 4.56. The number of pyridine rings is 1. The van der Waals surface area contributed by atoms with Crippen LogP contribution in [0.3, 0.4) is 0 Å². The molecular formula is C20H20N2O5S. The van der Waals surface area contributed by atoms with Gasteiger partial charge in [0.2, 0.25) is 0 Å². The average molecular weight is 400 g/mol. The topological polar surface area (TPSA) is 96.8 Å². The number of ether oxygens (including phenoxy) is 1. The van der Waals surface area contributed by atoms with E-state index >= 15 is 0 Å². The first-order chi connectivity index (χ1) is 13.2. The molecule has 1 N–H and O–H groups in total. The Kier molecular flexibility index (Phi) is 5.10. The fraction of sp³-hybridized carbons (Fsp3) is 0.200. The lowest BCUT2D eigenvalue weighted by molar-refractivity contribution is -0.125. The summed E-state index contributed by atoms with van der Waals surface area (Å²) in [6, 6.07) is 14.8. The predicted octanol–water partition coefficient (Wildman–Crippen LogP) is 3.22. The number of benzene rings is 2. The van der Waals surface area contributed by atoms with E-state index in [-0.39, 0.29) is 16.3 Å². The molecule has 0 radical (unpaired) electrons. The highest BCUT2D eigenvalue weighted by Crippen LogP contribution is 2.34. The maximum Gasteiger partial charge on any atom is 0.271 e. The van der Waals surface area contributed by atoms with Gasteiger partial charge in [-0.25, -0.2) is 8.42 Å². The molecule has 0 fully saturated rings. The molecule has 0 bridgehead atoms. The molecule has 2 aromatic carbocycles. The number of carbonyl (C=O) groups is 1. The first-order valence-corrected chi connectivity index (χ1v) is 9.94. The number of amides is 1. The number of hydroxylamine groups is 1. The van der Waals surface area contributed by atoms with Crippen LogP contribution in [0, 0.1) is 0 Å². The molecule has 0 aliphatic carbocycles. The molecule has 1 heterocycles. The molecule has 0 unspecified atom stereocenters. The quantitative estimate of drug-likeness (QED) is 0.522. The molecule has 0 saturated heterocycles. The first kappa shape index (κ1) is 19.8. The predicted molar refractivity (Wildman–Crippen MR) is 105 cm³/mol. The number of nitrogens with zero attached hydrogens (tertiary/aromatic N) is 2. The van der Waals surface area contributed by atoms with Crippen LogP contribution in [0.2, 0.25) is 0 Å². The lowest BCUT2D eigenvalue weighted by atomic mass is 10.1. The minimum Gasteiger partial charge on any atom is -0.495 e. The molecule has 8 heteroatoms. The fourth-order valence-corrected chi connectivity index (χ4v) is 4.32. The van der Waals surface area contributed by atoms with Gasteiger partial charge in [-0.3, -0.25) is 15.0 Å². The van der Waals surface area contributed by atoms with Gasteiger partial charge >= 0.3 is 0 Å². The summed E-state index contributed by atoms with van der Waals surface area (Å²) in [4.78, 5) is 17.0. The van der Waals surface area contributed by atoms with E-state index < -0.39 is 20.5 Å². The second-order valence-electron chi connectivity index (χ2n) is 6.67. The lowest BCUT2D eigenvalue weighted by Crippen LogP contribution is -2.49. The van der Waals surface area contributed by atoms with Crippen LogP contribution in [0.5, 0.6) is 5.75 Å². The van der Waals surface area contributed by atoms with Crippen LogP contribution in [0.4, 0.5) is 5.69 Å². The standard InChI is InChI=1S/C20H20N2O5S/c1-20(2,28(25,26)18-11-7-6-10-17(18)27-3)19(23)22(24)15-12-14-8-4-5-9-16(14)21-13-15/h4-13,24H,1-3H3. The molecule has 28 heavy (non-hydrogen) atoms. The molecule has 0 atom stereocenters. The number of sulfone groups is 1. The number of carbonyl (C=O) groups excluding carboxylic acids is 1. The van der Waals surface area contributed by atoms with Crippen LogP contribution in [-0.2, 0) is 14.6 Å². The minimum atomic E-state index is -4.17. The molecule has 3 aromatic rings. The van der Waals surface area contributed by atoms with E-state index in [0.717, 1.165) is 0 Å². The molecule has 1 amide bonds. The zero-order valence-corrected chi connectivity index (χ0v) is 16.5. The highest BCUT2D eigenvalue weighted by Gasteiger charge is 2.46. The normalized spacial score (nSPS) is 12.0. The Balaban J connectivity index is 2.01. The number of fused-ring (bicyclic) bond motifs is 1. The lowest BCUT2D eigenvalue weighted by Gasteiger charge is -2.28. The van der Waals surface area contributed by atoms with Crippen molar-refractivity contribution in [3.63, 3.8) is 0 Å². The van der Waals surface area contributed by atoms with Crippen LogP contribution in [0.25, 0.3) is 10.9 Å². The van der Waals surface area contributed by atoms with Crippen molar-refractivity contribution in [1.29, 1.82) is 0 Å². The summed E-state index contributed by atoms with van der Waals surface area (Å²) < 4.78 is 29.5. The summed E-state index contributed by atoms with van der Waals surface area (Å²) >= 11 is 0. The molecule has 146 valence electrons. The van der Waals surface area contributed by atoms with Crippen LogP contribution in [0.1, 0.15) is 13.8 Å². The summed E-state index contributed by atoms with van der Waals surface area (Å²) in [5, 5.41) is 11.5. The Labute approximate surface area is 163 Å². The number of anilines is 1. The molecular weight excluding hydrogens is 380 g/mol. The first-order valence-electron chi connectivity index (χ1n) is 8.46. The van der Waals surface area contributed by atoms with Gasteiger partial charge in [-0.05, 0) is 38.1 Å². The summed E-state index contributed by atoms with van der Waals surface area (Å²) in [5.74, 6) is -0.879. The Morgan fingerprint density at radius 1 is 1.11 bits per heavy atom. The van der Waals surface area contributed by atoms with Crippen molar-refractivity contribution < 1.29 is 23.2 Å². The highest BCUT2D eigenvalue weighted by atomic mass is 32.2. The Bertz CT molecular complexity index is 1140. The van der Waals surface area contributed by atoms with Gasteiger partial charge in [0, 0.05) is 5.39 Å². The van der Waals surface area contributed by atoms with Gasteiger partial charge in [-0.1, -0.05) is 30.3 Å². The largest absolute Gasteiger partial charge is 0.495 e. The maximum atomic E-state index is 13.2. The van der Waals surface area contributed by atoms with Crippen molar-refractivity contribution >= 4 is 32.3 Å². The van der Waals surface area contributed by atoms with Gasteiger partial charge < -0.3 is 4.74 Å². The molecule has 0 saturated carbocycles. The second kappa shape index (κ2) is 7.21. The van der Waals surface area contributed by atoms with Gasteiger partial charge in [-0.15, -0.1) is 0 Å². The Hall–Kier alpha value is -2.97. The van der Waals surface area contributed by atoms with E-state index in [9.17, 15) is 18.4 Å². The third-order valence-corrected chi connectivity index (χ3v) is 6.99. The van der Waals surface area contributed by atoms with Crippen molar-refractivity contribution in [1.82, 2.24) is 4.98 Å². The van der Waals surface area contributed by atoms with Gasteiger partial charge in [-0.2, -0.15) is 5.06 Å². The zero-order chi connectivity index (χ0) is 20.5. The summed E-state index contributed by atoms with van der Waals surface area (Å²) in [6.45, 7) is 2.49. The SMILES string of the molecule is COc1ccccc1S(=O)(=O)C(C)(C)C(=O)N(O)c1cnc2ccccc2c1. The maximum absolute atomic E-state index is 13.2. The Morgan fingerprint density at radius 3 is 2.46 bits per heavy atom. The third kappa shape index (κ3) is 3.21. The van der Waals surface area contributed by atoms with Crippen molar-refractivity contribution in [3.8, 4) is 5.75 Å². The number of hydrogen-bond acceptors (Lipinski definition) is 6. The van der Waals surface area contributed by atoms with Crippen LogP contribution < -0.4 is 9.80 Å². The zero-order valence-electron chi connectivity index (χ0n) is 15.7. The van der Waals surface area contributed by atoms with Crippen molar-refractivity contribution in [3.05, 3.63) is 60.8 Å². The molecule has 0 aliphatic rings. The number of rotatable bonds is 5. The van der Waals surface area contributed by atoms with Crippen molar-refractivity contribution in [2.24, 2.45) is 0 Å². The average Bonchev–Trinajstić information content (AvgIpc) is 2.71. The van der Waals surface area contributed by atoms with E-state index in [4.69, 9.17) is 4.74 Å². The molecule has 7 nitrogen and oxygen atoms in total. The molecule has 0 aliphatic heterocycles. The highest BCUT2D eigenvalue weighted by molar-refractivity contribution is 7.93. The summed E-state index contributed by atoms with van der Waals surface area (Å²) in [6.07, 6.45) is 1.31. The Morgan fingerprint density at radius 2 is 1.75 bits per heavy atom. The van der Waals surface area contributed by atoms with Gasteiger partial charge in [0.15, 0.2) is 14.6 Å². The van der Waals surface area contributed by atoms with Crippen LogP contribution in [0.15, 0.2) is 65.7 Å². The van der Waals surface area contributed by atoms with Crippen molar-refractivity contribution in [2.75, 3.05) is 12.2 Å². The number of hydrogen-bond donors (Lipinski definition) is 1. The molecule has 0 spiro atoms. The van der Waals surface area contributed by atoms with Crippen LogP contribution in [-0.4, -0.2) is 36.4 Å². The summed E-state index contributed by atoms with van der Waals surface area (Å²) in [7, 11) is -2.82. The summed E-state index contributed by atoms with van der Waals surface area (Å²) in [5.41, 5.74) is 0.764. The van der Waals surface area contributed by atoms with E-state index in [1.165, 1.54) is 39.3 Å². The van der Waals surface area contributed by atoms with Gasteiger partial charge in [0.1, 0.15) is 10.6 Å². The van der Waals surface area contributed by atoms with E-state index in [1.54, 1.807) is 36.4 Å². The minimum absolute atomic E-state index is 0.0759. The number of para-hydroxylation sites is 2. The van der Waals surface area contributed by atoms with E-state index in [0.29, 0.717) is 16.0 Å². The smallest absolute Gasteiger partial charge is 0.271 e. The molecule has 1 aromatic heterocycles. The second-order valence-corrected chi connectivity index (χ2v) is 9.14. The monoisotopic (exact) mass is 400 g/mol. The fourth-order valence-electron chi connectivity index (χ4n) is 2.78. The van der Waals surface area contributed by atoms with Crippen LogP contribution >= 0.6 is 0 Å². The van der Waals surface area contributed by atoms with E-state index in [2.05, 4.69) is 4.98 Å². The van der Waals surface area contributed by atoms with Crippen molar-refractivity contribution in [2.45, 2.75) is 23.5 Å². The molecule has 3 rings (SSSR count). The van der Waals surface area contributed by atoms with Gasteiger partial charge in [0.25, 0.3) is 5.91 Å². The van der Waals surface area contributed by atoms with Gasteiger partial charge in [0.05, 0.1) is 24.5 Å². The van der Waals surface area contributed by atoms with E-state index in [1.807, 2.05) is 6.07 Å². The number of aromatic nitrogens is 1. The number of methoxy groups -OCH3 is 1.